The van der Waals surface area contributed by atoms with Gasteiger partial charge in [0.25, 0.3) is 5.56 Å². The zero-order chi connectivity index (χ0) is 18.8. The summed E-state index contributed by atoms with van der Waals surface area (Å²) >= 11 is 0. The average molecular weight is 360 g/mol. The molecule has 0 N–H and O–H groups in total. The third-order valence-electron chi connectivity index (χ3n) is 5.40. The molecule has 0 saturated heterocycles. The molecule has 5 rings (SSSR count). The molecular formula is C22H14F2N2O. The van der Waals surface area contributed by atoms with Crippen molar-refractivity contribution >= 4 is 10.9 Å². The third-order valence-corrected chi connectivity index (χ3v) is 5.40. The molecule has 0 spiro atoms. The molecule has 4 aromatic rings. The van der Waals surface area contributed by atoms with Crippen molar-refractivity contribution in [2.75, 3.05) is 0 Å². The van der Waals surface area contributed by atoms with E-state index in [-0.39, 0.29) is 11.2 Å². The second kappa shape index (κ2) is 5.33. The molecule has 0 amide bonds. The molecule has 0 fully saturated rings. The minimum atomic E-state index is -0.760. The molecule has 1 unspecified atom stereocenters. The number of hydrogen-bond acceptors (Lipinski definition) is 2. The first-order valence-corrected chi connectivity index (χ1v) is 8.59. The van der Waals surface area contributed by atoms with E-state index < -0.39 is 16.8 Å². The van der Waals surface area contributed by atoms with Gasteiger partial charge in [0.2, 0.25) is 0 Å². The van der Waals surface area contributed by atoms with Crippen LogP contribution in [0.25, 0.3) is 16.6 Å². The van der Waals surface area contributed by atoms with Crippen molar-refractivity contribution in [2.45, 2.75) is 12.3 Å². The molecule has 1 aliphatic rings. The maximum absolute atomic E-state index is 14.4. The highest BCUT2D eigenvalue weighted by atomic mass is 19.1. The fourth-order valence-electron chi connectivity index (χ4n) is 4.03. The monoisotopic (exact) mass is 360 g/mol. The predicted octanol–water partition coefficient (Wildman–Crippen LogP) is 4.33. The average Bonchev–Trinajstić information content (AvgIpc) is 2.93. The van der Waals surface area contributed by atoms with Gasteiger partial charge in [0.05, 0.1) is 16.6 Å². The number of hydrogen-bond donors (Lipinski definition) is 0. The minimum absolute atomic E-state index is 0.0283. The molecule has 0 saturated carbocycles. The Bertz CT molecular complexity index is 1280. The third kappa shape index (κ3) is 1.99. The molecule has 3 aromatic carbocycles. The molecule has 1 aliphatic heterocycles. The molecule has 1 aromatic heterocycles. The van der Waals surface area contributed by atoms with Crippen molar-refractivity contribution in [2.24, 2.45) is 0 Å². The Kier molecular flexibility index (Phi) is 3.13. The number of rotatable bonds is 1. The molecule has 3 nitrogen and oxygen atoms in total. The molecule has 2 heterocycles. The van der Waals surface area contributed by atoms with E-state index >= 15 is 0 Å². The highest BCUT2D eigenvalue weighted by Gasteiger charge is 2.43. The number of aromatic nitrogens is 2. The van der Waals surface area contributed by atoms with Gasteiger partial charge in [-0.25, -0.2) is 13.8 Å². The second-order valence-corrected chi connectivity index (χ2v) is 6.86. The van der Waals surface area contributed by atoms with Crippen molar-refractivity contribution in [1.82, 2.24) is 9.55 Å². The predicted molar refractivity (Wildman–Crippen MR) is 99.3 cm³/mol. The number of nitrogens with zero attached hydrogens (tertiary/aromatic N) is 2. The maximum Gasteiger partial charge on any atom is 0.269 e. The van der Waals surface area contributed by atoms with E-state index in [1.165, 1.54) is 22.8 Å². The van der Waals surface area contributed by atoms with Crippen molar-refractivity contribution in [3.63, 3.8) is 0 Å². The Labute approximate surface area is 153 Å². The summed E-state index contributed by atoms with van der Waals surface area (Å²) in [6.07, 6.45) is 0. The van der Waals surface area contributed by atoms with Crippen LogP contribution in [0.2, 0.25) is 0 Å². The normalized spacial score (nSPS) is 17.7. The largest absolute Gasteiger partial charge is 0.269 e. The first-order chi connectivity index (χ1) is 13.0. The van der Waals surface area contributed by atoms with E-state index in [1.807, 2.05) is 31.2 Å². The first-order valence-electron chi connectivity index (χ1n) is 8.59. The molecule has 0 aliphatic carbocycles. The first kappa shape index (κ1) is 15.9. The lowest BCUT2D eigenvalue weighted by Gasteiger charge is -2.25. The minimum Gasteiger partial charge on any atom is -0.268 e. The molecule has 27 heavy (non-hydrogen) atoms. The Hall–Kier alpha value is -3.34. The number of fused-ring (bicyclic) bond motifs is 4. The topological polar surface area (TPSA) is 34.9 Å². The highest BCUT2D eigenvalue weighted by molar-refractivity contribution is 5.80. The van der Waals surface area contributed by atoms with Crippen LogP contribution in [0.15, 0.2) is 71.5 Å². The summed E-state index contributed by atoms with van der Waals surface area (Å²) in [5.74, 6) is -0.425. The molecule has 132 valence electrons. The fraction of sp³-hybridized carbons (Fsp3) is 0.0909. The van der Waals surface area contributed by atoms with E-state index in [2.05, 4.69) is 4.98 Å². The Morgan fingerprint density at radius 2 is 1.67 bits per heavy atom. The van der Waals surface area contributed by atoms with Gasteiger partial charge in [0, 0.05) is 0 Å². The quantitative estimate of drug-likeness (QED) is 0.506. The van der Waals surface area contributed by atoms with Gasteiger partial charge in [0.1, 0.15) is 22.8 Å². The molecule has 1 atom stereocenters. The van der Waals surface area contributed by atoms with Gasteiger partial charge >= 0.3 is 0 Å². The lowest BCUT2D eigenvalue weighted by atomic mass is 9.77. The van der Waals surface area contributed by atoms with Crippen LogP contribution in [-0.2, 0) is 5.41 Å². The number of halogens is 2. The van der Waals surface area contributed by atoms with Gasteiger partial charge in [-0.05, 0) is 48.4 Å². The van der Waals surface area contributed by atoms with Crippen LogP contribution in [0.4, 0.5) is 8.78 Å². The maximum atomic E-state index is 14.4. The Morgan fingerprint density at radius 3 is 2.44 bits per heavy atom. The Balaban J connectivity index is 1.96. The summed E-state index contributed by atoms with van der Waals surface area (Å²) in [6.45, 7) is 1.95. The lowest BCUT2D eigenvalue weighted by Crippen LogP contribution is -2.29. The van der Waals surface area contributed by atoms with E-state index in [1.54, 1.807) is 24.3 Å². The van der Waals surface area contributed by atoms with Gasteiger partial charge in [-0.2, -0.15) is 0 Å². The molecule has 5 heteroatoms. The molecule has 0 radical (unpaired) electrons. The summed E-state index contributed by atoms with van der Waals surface area (Å²) in [6, 6.07) is 18.1. The summed E-state index contributed by atoms with van der Waals surface area (Å²) in [5.41, 5.74) is 1.46. The van der Waals surface area contributed by atoms with Crippen LogP contribution in [0.1, 0.15) is 23.9 Å². The lowest BCUT2D eigenvalue weighted by molar-refractivity contribution is 0.616. The van der Waals surface area contributed by atoms with Gasteiger partial charge in [-0.15, -0.1) is 0 Å². The number of para-hydroxylation sites is 1. The summed E-state index contributed by atoms with van der Waals surface area (Å²) < 4.78 is 29.3. The molecule has 0 bridgehead atoms. The van der Waals surface area contributed by atoms with Crippen molar-refractivity contribution < 1.29 is 8.78 Å². The fourth-order valence-corrected chi connectivity index (χ4v) is 4.03. The Morgan fingerprint density at radius 1 is 0.926 bits per heavy atom. The smallest absolute Gasteiger partial charge is 0.268 e. The van der Waals surface area contributed by atoms with Crippen LogP contribution in [0, 0.1) is 11.6 Å². The van der Waals surface area contributed by atoms with Crippen molar-refractivity contribution in [3.8, 4) is 5.69 Å². The van der Waals surface area contributed by atoms with E-state index in [9.17, 15) is 13.6 Å². The SMILES string of the molecule is CC1(c2ccc(F)cc2)c2ccccc2-n2c1nc1cccc(F)c1c2=O. The molecular weight excluding hydrogens is 346 g/mol. The standard InChI is InChI=1S/C22H14F2N2O/c1-22(13-9-11-14(23)12-10-13)15-5-2-3-8-18(15)26-20(27)19-16(24)6-4-7-17(19)25-21(22)26/h2-12H,1H3. The van der Waals surface area contributed by atoms with Crippen molar-refractivity contribution in [3.05, 3.63) is 106 Å². The summed E-state index contributed by atoms with van der Waals surface area (Å²) in [4.78, 5) is 17.9. The van der Waals surface area contributed by atoms with Crippen LogP contribution in [0.3, 0.4) is 0 Å². The highest BCUT2D eigenvalue weighted by Crippen LogP contribution is 2.45. The van der Waals surface area contributed by atoms with Crippen molar-refractivity contribution in [1.29, 1.82) is 0 Å². The van der Waals surface area contributed by atoms with Gasteiger partial charge in [0.15, 0.2) is 0 Å². The van der Waals surface area contributed by atoms with Gasteiger partial charge in [-0.1, -0.05) is 36.4 Å². The zero-order valence-electron chi connectivity index (χ0n) is 14.4. The summed E-state index contributed by atoms with van der Waals surface area (Å²) in [7, 11) is 0. The summed E-state index contributed by atoms with van der Waals surface area (Å²) in [5, 5.41) is -0.0283. The van der Waals surface area contributed by atoms with Crippen LogP contribution >= 0.6 is 0 Å². The van der Waals surface area contributed by atoms with Crippen LogP contribution < -0.4 is 5.56 Å². The van der Waals surface area contributed by atoms with Gasteiger partial charge in [-0.3, -0.25) is 9.36 Å². The number of benzene rings is 3. The van der Waals surface area contributed by atoms with E-state index in [0.29, 0.717) is 17.0 Å². The van der Waals surface area contributed by atoms with E-state index in [0.717, 1.165) is 11.1 Å². The zero-order valence-corrected chi connectivity index (χ0v) is 14.4. The van der Waals surface area contributed by atoms with Crippen LogP contribution in [0.5, 0.6) is 0 Å². The second-order valence-electron chi connectivity index (χ2n) is 6.86. The van der Waals surface area contributed by atoms with Crippen LogP contribution in [-0.4, -0.2) is 9.55 Å². The van der Waals surface area contributed by atoms with E-state index in [4.69, 9.17) is 0 Å². The van der Waals surface area contributed by atoms with Gasteiger partial charge < -0.3 is 0 Å².